The number of amides is 1. The van der Waals surface area contributed by atoms with Crippen molar-refractivity contribution in [3.63, 3.8) is 0 Å². The summed E-state index contributed by atoms with van der Waals surface area (Å²) in [5.41, 5.74) is 2.21. The van der Waals surface area contributed by atoms with Gasteiger partial charge in [-0.2, -0.15) is 0 Å². The number of hydrogen-bond donors (Lipinski definition) is 1. The molecule has 1 aliphatic carbocycles. The number of rotatable bonds is 5. The Bertz CT molecular complexity index is 986. The van der Waals surface area contributed by atoms with Crippen LogP contribution in [0.15, 0.2) is 60.9 Å². The second-order valence-corrected chi connectivity index (χ2v) is 7.44. The zero-order valence-electron chi connectivity index (χ0n) is 15.5. The van der Waals surface area contributed by atoms with Crippen LogP contribution in [0.3, 0.4) is 0 Å². The molecule has 142 valence electrons. The Balaban J connectivity index is 1.52. The van der Waals surface area contributed by atoms with Gasteiger partial charge in [-0.15, -0.1) is 0 Å². The van der Waals surface area contributed by atoms with E-state index in [0.717, 1.165) is 36.1 Å². The maximum atomic E-state index is 13.1. The van der Waals surface area contributed by atoms with E-state index in [1.807, 2.05) is 43.3 Å². The van der Waals surface area contributed by atoms with Gasteiger partial charge in [-0.05, 0) is 67.3 Å². The number of carbonyl (C=O) groups is 1. The summed E-state index contributed by atoms with van der Waals surface area (Å²) in [6, 6.07) is 15.1. The number of nitrogens with zero attached hydrogens (tertiary/aromatic N) is 2. The number of ether oxygens (including phenoxy) is 1. The van der Waals surface area contributed by atoms with Gasteiger partial charge in [0.2, 0.25) is 5.91 Å². The third-order valence-corrected chi connectivity index (χ3v) is 5.49. The van der Waals surface area contributed by atoms with Crippen LogP contribution in [0.5, 0.6) is 11.8 Å². The molecule has 2 aromatic carbocycles. The Labute approximate surface area is 168 Å². The number of aromatic nitrogens is 2. The predicted molar refractivity (Wildman–Crippen MR) is 109 cm³/mol. The van der Waals surface area contributed by atoms with Crippen molar-refractivity contribution in [3.05, 3.63) is 77.1 Å². The first-order valence-corrected chi connectivity index (χ1v) is 9.58. The maximum absolute atomic E-state index is 13.1. The fourth-order valence-corrected chi connectivity index (χ4v) is 3.60. The third kappa shape index (κ3) is 3.58. The molecule has 28 heavy (non-hydrogen) atoms. The van der Waals surface area contributed by atoms with Crippen LogP contribution in [-0.2, 0) is 10.2 Å². The van der Waals surface area contributed by atoms with Gasteiger partial charge in [-0.3, -0.25) is 4.79 Å². The summed E-state index contributed by atoms with van der Waals surface area (Å²) in [6.45, 7) is 1.93. The maximum Gasteiger partial charge on any atom is 0.321 e. The zero-order chi connectivity index (χ0) is 19.6. The summed E-state index contributed by atoms with van der Waals surface area (Å²) < 4.78 is 5.65. The molecule has 0 spiro atoms. The first-order valence-electron chi connectivity index (χ1n) is 9.20. The Morgan fingerprint density at radius 3 is 2.43 bits per heavy atom. The Morgan fingerprint density at radius 1 is 1.11 bits per heavy atom. The largest absolute Gasteiger partial charge is 0.424 e. The number of hydrogen-bond acceptors (Lipinski definition) is 4. The van der Waals surface area contributed by atoms with E-state index in [9.17, 15) is 4.79 Å². The van der Waals surface area contributed by atoms with E-state index in [1.165, 1.54) is 0 Å². The number of nitrogens with one attached hydrogen (secondary N) is 1. The number of anilines is 1. The molecule has 1 heterocycles. The molecule has 1 saturated carbocycles. The quantitative estimate of drug-likeness (QED) is 0.639. The third-order valence-electron chi connectivity index (χ3n) is 5.24. The lowest BCUT2D eigenvalue weighted by Gasteiger charge is -2.40. The molecule has 0 bridgehead atoms. The normalized spacial score (nSPS) is 14.8. The van der Waals surface area contributed by atoms with Gasteiger partial charge in [0.25, 0.3) is 0 Å². The Morgan fingerprint density at radius 2 is 1.82 bits per heavy atom. The zero-order valence-corrected chi connectivity index (χ0v) is 16.2. The topological polar surface area (TPSA) is 64.1 Å². The van der Waals surface area contributed by atoms with E-state index >= 15 is 0 Å². The van der Waals surface area contributed by atoms with Crippen molar-refractivity contribution in [3.8, 4) is 11.8 Å². The lowest BCUT2D eigenvalue weighted by atomic mass is 9.64. The minimum absolute atomic E-state index is 0.0178. The summed E-state index contributed by atoms with van der Waals surface area (Å²) in [4.78, 5) is 21.2. The van der Waals surface area contributed by atoms with Crippen molar-refractivity contribution >= 4 is 23.2 Å². The van der Waals surface area contributed by atoms with E-state index in [4.69, 9.17) is 16.3 Å². The summed E-state index contributed by atoms with van der Waals surface area (Å²) in [5.74, 6) is 0.641. The minimum atomic E-state index is -0.482. The molecule has 0 saturated heterocycles. The van der Waals surface area contributed by atoms with Crippen LogP contribution in [0, 0.1) is 6.92 Å². The fourth-order valence-electron chi connectivity index (χ4n) is 3.47. The van der Waals surface area contributed by atoms with Crippen molar-refractivity contribution in [2.45, 2.75) is 31.6 Å². The van der Waals surface area contributed by atoms with Gasteiger partial charge in [0.05, 0.1) is 5.41 Å². The highest BCUT2D eigenvalue weighted by molar-refractivity contribution is 6.30. The molecular weight excluding hydrogens is 374 g/mol. The Kier molecular flexibility index (Phi) is 5.01. The molecule has 0 unspecified atom stereocenters. The minimum Gasteiger partial charge on any atom is -0.424 e. The van der Waals surface area contributed by atoms with Gasteiger partial charge in [0, 0.05) is 23.1 Å². The molecule has 4 rings (SSSR count). The molecule has 1 aliphatic rings. The molecule has 0 radical (unpaired) electrons. The molecule has 1 aromatic heterocycles. The standard InChI is InChI=1S/C22H20ClN3O2/c1-15-14-18(28-21-24-12-3-13-25-21)8-9-19(15)26-20(27)22(10-2-11-22)16-4-6-17(23)7-5-16/h3-9,12-14H,2,10-11H2,1H3,(H,26,27). The lowest BCUT2D eigenvalue weighted by molar-refractivity contribution is -0.124. The first kappa shape index (κ1) is 18.4. The highest BCUT2D eigenvalue weighted by Gasteiger charge is 2.45. The van der Waals surface area contributed by atoms with Crippen LogP contribution in [0.1, 0.15) is 30.4 Å². The number of aryl methyl sites for hydroxylation is 1. The van der Waals surface area contributed by atoms with Crippen LogP contribution < -0.4 is 10.1 Å². The van der Waals surface area contributed by atoms with Crippen LogP contribution >= 0.6 is 11.6 Å². The number of carbonyl (C=O) groups excluding carboxylic acids is 1. The summed E-state index contributed by atoms with van der Waals surface area (Å²) >= 11 is 6.00. The van der Waals surface area contributed by atoms with Gasteiger partial charge in [-0.1, -0.05) is 30.2 Å². The molecule has 5 nitrogen and oxygen atoms in total. The molecule has 6 heteroatoms. The van der Waals surface area contributed by atoms with Gasteiger partial charge >= 0.3 is 6.01 Å². The van der Waals surface area contributed by atoms with Crippen LogP contribution in [-0.4, -0.2) is 15.9 Å². The molecule has 3 aromatic rings. The van der Waals surface area contributed by atoms with Crippen molar-refractivity contribution in [1.29, 1.82) is 0 Å². The van der Waals surface area contributed by atoms with E-state index in [-0.39, 0.29) is 11.9 Å². The first-order chi connectivity index (χ1) is 13.6. The summed E-state index contributed by atoms with van der Waals surface area (Å²) in [6.07, 6.45) is 5.97. The van der Waals surface area contributed by atoms with Gasteiger partial charge in [0.15, 0.2) is 0 Å². The average Bonchev–Trinajstić information content (AvgIpc) is 2.65. The fraction of sp³-hybridized carbons (Fsp3) is 0.227. The van der Waals surface area contributed by atoms with E-state index in [1.54, 1.807) is 24.5 Å². The van der Waals surface area contributed by atoms with E-state index in [2.05, 4.69) is 15.3 Å². The van der Waals surface area contributed by atoms with Crippen LogP contribution in [0.4, 0.5) is 5.69 Å². The number of halogens is 1. The van der Waals surface area contributed by atoms with Crippen molar-refractivity contribution in [2.75, 3.05) is 5.32 Å². The molecule has 1 N–H and O–H groups in total. The monoisotopic (exact) mass is 393 g/mol. The van der Waals surface area contributed by atoms with Crippen LogP contribution in [0.2, 0.25) is 5.02 Å². The highest BCUT2D eigenvalue weighted by Crippen LogP contribution is 2.45. The molecule has 1 amide bonds. The summed E-state index contributed by atoms with van der Waals surface area (Å²) in [5, 5.41) is 3.77. The molecular formula is C22H20ClN3O2. The number of benzene rings is 2. The Hall–Kier alpha value is -2.92. The van der Waals surface area contributed by atoms with Gasteiger partial charge < -0.3 is 10.1 Å². The van der Waals surface area contributed by atoms with E-state index < -0.39 is 5.41 Å². The lowest BCUT2D eigenvalue weighted by Crippen LogP contribution is -2.46. The SMILES string of the molecule is Cc1cc(Oc2ncccn2)ccc1NC(=O)C1(c2ccc(Cl)cc2)CCC1. The summed E-state index contributed by atoms with van der Waals surface area (Å²) in [7, 11) is 0. The van der Waals surface area contributed by atoms with Crippen LogP contribution in [0.25, 0.3) is 0 Å². The molecule has 0 aliphatic heterocycles. The van der Waals surface area contributed by atoms with Crippen molar-refractivity contribution < 1.29 is 9.53 Å². The van der Waals surface area contributed by atoms with Crippen molar-refractivity contribution in [2.24, 2.45) is 0 Å². The van der Waals surface area contributed by atoms with E-state index in [0.29, 0.717) is 10.8 Å². The second kappa shape index (κ2) is 7.60. The highest BCUT2D eigenvalue weighted by atomic mass is 35.5. The second-order valence-electron chi connectivity index (χ2n) is 7.01. The van der Waals surface area contributed by atoms with Gasteiger partial charge in [-0.25, -0.2) is 9.97 Å². The molecule has 1 fully saturated rings. The smallest absolute Gasteiger partial charge is 0.321 e. The molecule has 0 atom stereocenters. The van der Waals surface area contributed by atoms with Crippen molar-refractivity contribution in [1.82, 2.24) is 9.97 Å². The average molecular weight is 394 g/mol. The van der Waals surface area contributed by atoms with Gasteiger partial charge in [0.1, 0.15) is 5.75 Å². The predicted octanol–water partition coefficient (Wildman–Crippen LogP) is 5.29.